The average Bonchev–Trinajstić information content (AvgIpc) is 2.93. The van der Waals surface area contributed by atoms with Crippen LogP contribution in [0.1, 0.15) is 61.9 Å². The Balaban J connectivity index is 1.66. The smallest absolute Gasteiger partial charge is 0.306 e. The van der Waals surface area contributed by atoms with Crippen LogP contribution >= 0.6 is 0 Å². The molecular weight excluding hydrogens is 482 g/mol. The maximum absolute atomic E-state index is 13.2. The fourth-order valence-corrected chi connectivity index (χ4v) is 4.68. The summed E-state index contributed by atoms with van der Waals surface area (Å²) in [6.45, 7) is 7.45. The Morgan fingerprint density at radius 1 is 0.974 bits per heavy atom. The summed E-state index contributed by atoms with van der Waals surface area (Å²) in [6.07, 6.45) is 3.94. The van der Waals surface area contributed by atoms with Crippen molar-refractivity contribution in [2.45, 2.75) is 52.4 Å². The molecule has 0 unspecified atom stereocenters. The number of hydrogen-bond acceptors (Lipinski definition) is 6. The second kappa shape index (κ2) is 15.8. The van der Waals surface area contributed by atoms with Crippen LogP contribution in [0.5, 0.6) is 0 Å². The average molecular weight is 524 g/mol. The first-order valence-electron chi connectivity index (χ1n) is 13.7. The summed E-state index contributed by atoms with van der Waals surface area (Å²) in [6, 6.07) is 16.0. The van der Waals surface area contributed by atoms with Gasteiger partial charge < -0.3 is 25.0 Å². The molecule has 38 heavy (non-hydrogen) atoms. The van der Waals surface area contributed by atoms with Gasteiger partial charge in [-0.1, -0.05) is 30.3 Å². The van der Waals surface area contributed by atoms with Gasteiger partial charge in [0.25, 0.3) is 5.91 Å². The number of piperidine rings is 1. The van der Waals surface area contributed by atoms with Crippen molar-refractivity contribution in [3.05, 3.63) is 59.7 Å². The zero-order chi connectivity index (χ0) is 27.2. The van der Waals surface area contributed by atoms with Gasteiger partial charge in [0.05, 0.1) is 18.6 Å². The highest BCUT2D eigenvalue weighted by atomic mass is 16.5. The van der Waals surface area contributed by atoms with E-state index in [1.54, 1.807) is 13.0 Å². The second-order valence-electron chi connectivity index (χ2n) is 9.51. The van der Waals surface area contributed by atoms with Crippen molar-refractivity contribution in [3.8, 4) is 0 Å². The number of carbonyl (C=O) groups excluding carboxylic acids is 3. The molecule has 1 fully saturated rings. The van der Waals surface area contributed by atoms with E-state index in [1.807, 2.05) is 25.1 Å². The fourth-order valence-electron chi connectivity index (χ4n) is 4.68. The quantitative estimate of drug-likeness (QED) is 0.278. The Hall–Kier alpha value is -3.39. The largest absolute Gasteiger partial charge is 0.466 e. The van der Waals surface area contributed by atoms with Crippen LogP contribution in [0.3, 0.4) is 0 Å². The van der Waals surface area contributed by atoms with E-state index in [4.69, 9.17) is 9.47 Å². The van der Waals surface area contributed by atoms with Crippen LogP contribution in [0, 0.1) is 5.92 Å². The number of nitrogens with zero attached hydrogens (tertiary/aromatic N) is 1. The number of esters is 1. The molecule has 0 saturated carbocycles. The molecule has 8 heteroatoms. The first kappa shape index (κ1) is 29.2. The van der Waals surface area contributed by atoms with Crippen molar-refractivity contribution in [1.82, 2.24) is 5.32 Å². The third-order valence-corrected chi connectivity index (χ3v) is 6.66. The summed E-state index contributed by atoms with van der Waals surface area (Å²) < 4.78 is 10.3. The minimum absolute atomic E-state index is 0.0167. The number of rotatable bonds is 14. The number of nitrogens with one attached hydrogen (secondary N) is 2. The highest BCUT2D eigenvalue weighted by Gasteiger charge is 2.24. The summed E-state index contributed by atoms with van der Waals surface area (Å²) >= 11 is 0. The molecule has 8 nitrogen and oxygen atoms in total. The van der Waals surface area contributed by atoms with Crippen molar-refractivity contribution in [2.24, 2.45) is 5.92 Å². The molecule has 3 rings (SSSR count). The molecular formula is C30H41N3O5. The summed E-state index contributed by atoms with van der Waals surface area (Å²) in [5.74, 6) is -0.260. The second-order valence-corrected chi connectivity index (χ2v) is 9.51. The molecule has 1 heterocycles. The van der Waals surface area contributed by atoms with E-state index in [2.05, 4.69) is 39.8 Å². The van der Waals surface area contributed by atoms with Gasteiger partial charge in [-0.15, -0.1) is 0 Å². The number of carbonyl (C=O) groups is 3. The van der Waals surface area contributed by atoms with Crippen molar-refractivity contribution < 1.29 is 23.9 Å². The van der Waals surface area contributed by atoms with Crippen molar-refractivity contribution in [2.75, 3.05) is 49.7 Å². The van der Waals surface area contributed by atoms with Crippen LogP contribution < -0.4 is 15.5 Å². The minimum Gasteiger partial charge on any atom is -0.466 e. The van der Waals surface area contributed by atoms with Gasteiger partial charge in [0.15, 0.2) is 0 Å². The van der Waals surface area contributed by atoms with E-state index in [-0.39, 0.29) is 31.3 Å². The van der Waals surface area contributed by atoms with Gasteiger partial charge in [-0.25, -0.2) is 0 Å². The molecule has 2 N–H and O–H groups in total. The molecule has 0 radical (unpaired) electrons. The van der Waals surface area contributed by atoms with Gasteiger partial charge in [-0.2, -0.15) is 0 Å². The molecule has 0 aliphatic carbocycles. The number of anilines is 2. The van der Waals surface area contributed by atoms with Crippen LogP contribution in [0.4, 0.5) is 11.4 Å². The molecule has 2 aromatic rings. The summed E-state index contributed by atoms with van der Waals surface area (Å²) in [5, 5.41) is 5.81. The van der Waals surface area contributed by atoms with E-state index < -0.39 is 5.97 Å². The van der Waals surface area contributed by atoms with Gasteiger partial charge in [-0.3, -0.25) is 14.4 Å². The zero-order valence-electron chi connectivity index (χ0n) is 22.7. The Labute approximate surface area is 226 Å². The zero-order valence-corrected chi connectivity index (χ0v) is 22.7. The van der Waals surface area contributed by atoms with Gasteiger partial charge in [-0.05, 0) is 69.2 Å². The molecule has 206 valence electrons. The Bertz CT molecular complexity index is 1040. The first-order valence-corrected chi connectivity index (χ1v) is 13.7. The van der Waals surface area contributed by atoms with Crippen LogP contribution in [-0.4, -0.2) is 57.2 Å². The standard InChI is InChI=1S/C30H41N3O5/c1-3-37-20-8-17-31-30(36)26-22-25(32-28(34)13-14-29(35)38-4-2)11-12-27(26)33-18-15-24(16-19-33)21-23-9-6-5-7-10-23/h5-7,9-12,22,24H,3-4,8,13-21H2,1-2H3,(H,31,36)(H,32,34). The molecule has 0 spiro atoms. The first-order chi connectivity index (χ1) is 18.5. The van der Waals surface area contributed by atoms with Gasteiger partial charge in [0, 0.05) is 50.6 Å². The third-order valence-electron chi connectivity index (χ3n) is 6.66. The van der Waals surface area contributed by atoms with Gasteiger partial charge in [0.1, 0.15) is 0 Å². The molecule has 1 aliphatic rings. The van der Waals surface area contributed by atoms with E-state index in [9.17, 15) is 14.4 Å². The molecule has 1 aliphatic heterocycles. The highest BCUT2D eigenvalue weighted by Crippen LogP contribution is 2.30. The lowest BCUT2D eigenvalue weighted by Gasteiger charge is -2.35. The maximum atomic E-state index is 13.2. The van der Waals surface area contributed by atoms with E-state index in [0.717, 1.165) is 44.5 Å². The molecule has 1 saturated heterocycles. The molecule has 0 bridgehead atoms. The SMILES string of the molecule is CCOCCCNC(=O)c1cc(NC(=O)CCC(=O)OCC)ccc1N1CCC(Cc2ccccc2)CC1. The monoisotopic (exact) mass is 523 g/mol. The van der Waals surface area contributed by atoms with E-state index >= 15 is 0 Å². The van der Waals surface area contributed by atoms with Crippen LogP contribution in [0.2, 0.25) is 0 Å². The number of amides is 2. The lowest BCUT2D eigenvalue weighted by Crippen LogP contribution is -2.36. The Morgan fingerprint density at radius 2 is 1.74 bits per heavy atom. The molecule has 2 amide bonds. The Kier molecular flexibility index (Phi) is 12.1. The van der Waals surface area contributed by atoms with Crippen LogP contribution in [-0.2, 0) is 25.5 Å². The molecule has 2 aromatic carbocycles. The summed E-state index contributed by atoms with van der Waals surface area (Å²) in [7, 11) is 0. The fraction of sp³-hybridized carbons (Fsp3) is 0.500. The lowest BCUT2D eigenvalue weighted by molar-refractivity contribution is -0.144. The third kappa shape index (κ3) is 9.49. The van der Waals surface area contributed by atoms with Crippen LogP contribution in [0.25, 0.3) is 0 Å². The van der Waals surface area contributed by atoms with Crippen molar-refractivity contribution >= 4 is 29.2 Å². The van der Waals surface area contributed by atoms with Crippen molar-refractivity contribution in [3.63, 3.8) is 0 Å². The molecule has 0 aromatic heterocycles. The van der Waals surface area contributed by atoms with Gasteiger partial charge in [0.2, 0.25) is 5.91 Å². The van der Waals surface area contributed by atoms with E-state index in [0.29, 0.717) is 36.9 Å². The summed E-state index contributed by atoms with van der Waals surface area (Å²) in [4.78, 5) is 39.5. The highest BCUT2D eigenvalue weighted by molar-refractivity contribution is 6.02. The molecule has 0 atom stereocenters. The normalized spacial score (nSPS) is 13.7. The van der Waals surface area contributed by atoms with Crippen molar-refractivity contribution in [1.29, 1.82) is 0 Å². The predicted molar refractivity (Wildman–Crippen MR) is 149 cm³/mol. The topological polar surface area (TPSA) is 97.0 Å². The van der Waals surface area contributed by atoms with E-state index in [1.165, 1.54) is 5.56 Å². The number of ether oxygens (including phenoxy) is 2. The van der Waals surface area contributed by atoms with Crippen LogP contribution in [0.15, 0.2) is 48.5 Å². The maximum Gasteiger partial charge on any atom is 0.306 e. The van der Waals surface area contributed by atoms with Gasteiger partial charge >= 0.3 is 5.97 Å². The Morgan fingerprint density at radius 3 is 2.45 bits per heavy atom. The number of benzene rings is 2. The predicted octanol–water partition coefficient (Wildman–Crippen LogP) is 4.58. The lowest BCUT2D eigenvalue weighted by atomic mass is 9.89. The summed E-state index contributed by atoms with van der Waals surface area (Å²) in [5.41, 5.74) is 3.29. The number of hydrogen-bond donors (Lipinski definition) is 2. The minimum atomic E-state index is -0.402.